The van der Waals surface area contributed by atoms with Gasteiger partial charge in [0.15, 0.2) is 0 Å². The van der Waals surface area contributed by atoms with Crippen LogP contribution < -0.4 is 5.73 Å². The van der Waals surface area contributed by atoms with E-state index in [-0.39, 0.29) is 0 Å². The Hall–Kier alpha value is -1.61. The minimum atomic E-state index is -0.437. The topological polar surface area (TPSA) is 56.0 Å². The number of pyridine rings is 1. The first-order valence-electron chi connectivity index (χ1n) is 7.05. The second kappa shape index (κ2) is 5.41. The maximum Gasteiger partial charge on any atom is 0.248 e. The summed E-state index contributed by atoms with van der Waals surface area (Å²) in [5.74, 6) is 0.0516. The molecule has 1 aromatic heterocycles. The Morgan fingerprint density at radius 2 is 1.95 bits per heavy atom. The van der Waals surface area contributed by atoms with Crippen LogP contribution in [0.2, 0.25) is 5.02 Å². The SMILES string of the molecule is NC(=O)c1ccc2c(Cl)cc(C3CCCCC3)nc2c1. The molecule has 1 aromatic carbocycles. The standard InChI is InChI=1S/C16H17ClN2O/c17-13-9-14(10-4-2-1-3-5-10)19-15-8-11(16(18)20)6-7-12(13)15/h6-10H,1-5H2,(H2,18,20). The van der Waals surface area contributed by atoms with E-state index in [1.807, 2.05) is 12.1 Å². The third kappa shape index (κ3) is 2.50. The van der Waals surface area contributed by atoms with Gasteiger partial charge in [0, 0.05) is 22.6 Å². The quantitative estimate of drug-likeness (QED) is 0.907. The van der Waals surface area contributed by atoms with Crippen molar-refractivity contribution < 1.29 is 4.79 Å². The molecule has 0 spiro atoms. The molecule has 0 unspecified atom stereocenters. The highest BCUT2D eigenvalue weighted by molar-refractivity contribution is 6.35. The van der Waals surface area contributed by atoms with Crippen molar-refractivity contribution >= 4 is 28.4 Å². The average Bonchev–Trinajstić information content (AvgIpc) is 2.47. The summed E-state index contributed by atoms with van der Waals surface area (Å²) in [7, 11) is 0. The van der Waals surface area contributed by atoms with Crippen LogP contribution >= 0.6 is 11.6 Å². The predicted molar refractivity (Wildman–Crippen MR) is 81.1 cm³/mol. The zero-order valence-corrected chi connectivity index (χ0v) is 12.0. The molecular weight excluding hydrogens is 272 g/mol. The summed E-state index contributed by atoms with van der Waals surface area (Å²) < 4.78 is 0. The fourth-order valence-corrected chi connectivity index (χ4v) is 3.24. The minimum Gasteiger partial charge on any atom is -0.366 e. The van der Waals surface area contributed by atoms with E-state index in [1.165, 1.54) is 32.1 Å². The number of rotatable bonds is 2. The predicted octanol–water partition coefficient (Wildman–Crippen LogP) is 4.03. The lowest BCUT2D eigenvalue weighted by Crippen LogP contribution is -2.11. The van der Waals surface area contributed by atoms with Crippen molar-refractivity contribution in [1.82, 2.24) is 4.98 Å². The Bertz CT molecular complexity index is 663. The summed E-state index contributed by atoms with van der Waals surface area (Å²) in [6, 6.07) is 7.22. The van der Waals surface area contributed by atoms with Crippen LogP contribution in [0.3, 0.4) is 0 Å². The van der Waals surface area contributed by atoms with Crippen molar-refractivity contribution in [1.29, 1.82) is 0 Å². The third-order valence-electron chi connectivity index (χ3n) is 4.09. The van der Waals surface area contributed by atoms with Gasteiger partial charge < -0.3 is 5.73 Å². The largest absolute Gasteiger partial charge is 0.366 e. The molecule has 2 aromatic rings. The second-order valence-corrected chi connectivity index (χ2v) is 5.87. The summed E-state index contributed by atoms with van der Waals surface area (Å²) in [6.07, 6.45) is 6.16. The van der Waals surface area contributed by atoms with Crippen molar-refractivity contribution in [2.75, 3.05) is 0 Å². The van der Waals surface area contributed by atoms with E-state index >= 15 is 0 Å². The molecule has 20 heavy (non-hydrogen) atoms. The van der Waals surface area contributed by atoms with Crippen LogP contribution in [-0.2, 0) is 0 Å². The van der Waals surface area contributed by atoms with E-state index in [2.05, 4.69) is 0 Å². The maximum atomic E-state index is 11.3. The van der Waals surface area contributed by atoms with E-state index in [1.54, 1.807) is 12.1 Å². The molecule has 0 atom stereocenters. The zero-order chi connectivity index (χ0) is 14.1. The van der Waals surface area contributed by atoms with Crippen LogP contribution in [-0.4, -0.2) is 10.9 Å². The van der Waals surface area contributed by atoms with Gasteiger partial charge in [-0.15, -0.1) is 0 Å². The highest BCUT2D eigenvalue weighted by atomic mass is 35.5. The molecule has 3 nitrogen and oxygen atoms in total. The van der Waals surface area contributed by atoms with E-state index in [0.29, 0.717) is 16.5 Å². The van der Waals surface area contributed by atoms with Crippen molar-refractivity contribution in [2.24, 2.45) is 5.73 Å². The number of amides is 1. The summed E-state index contributed by atoms with van der Waals surface area (Å²) in [5.41, 5.74) is 7.60. The number of halogens is 1. The minimum absolute atomic E-state index is 0.437. The number of nitrogens with zero attached hydrogens (tertiary/aromatic N) is 1. The van der Waals surface area contributed by atoms with Crippen molar-refractivity contribution in [3.63, 3.8) is 0 Å². The van der Waals surface area contributed by atoms with Gasteiger partial charge in [0.25, 0.3) is 0 Å². The number of carbonyl (C=O) groups is 1. The summed E-state index contributed by atoms with van der Waals surface area (Å²) in [6.45, 7) is 0. The molecule has 0 bridgehead atoms. The van der Waals surface area contributed by atoms with Crippen LogP contribution in [0.4, 0.5) is 0 Å². The van der Waals surface area contributed by atoms with Gasteiger partial charge in [-0.3, -0.25) is 9.78 Å². The first-order chi connectivity index (χ1) is 9.65. The smallest absolute Gasteiger partial charge is 0.248 e. The highest BCUT2D eigenvalue weighted by Crippen LogP contribution is 2.34. The number of nitrogens with two attached hydrogens (primary N) is 1. The Morgan fingerprint density at radius 1 is 1.20 bits per heavy atom. The molecule has 0 aliphatic heterocycles. The summed E-state index contributed by atoms with van der Waals surface area (Å²) in [4.78, 5) is 16.0. The van der Waals surface area contributed by atoms with Crippen molar-refractivity contribution in [3.05, 3.63) is 40.5 Å². The fourth-order valence-electron chi connectivity index (χ4n) is 2.97. The molecule has 104 valence electrons. The highest BCUT2D eigenvalue weighted by Gasteiger charge is 2.18. The average molecular weight is 289 g/mol. The number of hydrogen-bond donors (Lipinski definition) is 1. The van der Waals surface area contributed by atoms with E-state index in [0.717, 1.165) is 16.6 Å². The Morgan fingerprint density at radius 3 is 2.65 bits per heavy atom. The summed E-state index contributed by atoms with van der Waals surface area (Å²) in [5, 5.41) is 1.57. The monoisotopic (exact) mass is 288 g/mol. The molecule has 1 heterocycles. The van der Waals surface area contributed by atoms with Gasteiger partial charge in [0.1, 0.15) is 0 Å². The van der Waals surface area contributed by atoms with Crippen LogP contribution in [0, 0.1) is 0 Å². The molecule has 1 fully saturated rings. The van der Waals surface area contributed by atoms with Gasteiger partial charge in [-0.1, -0.05) is 36.9 Å². The van der Waals surface area contributed by atoms with Crippen LogP contribution in [0.15, 0.2) is 24.3 Å². The van der Waals surface area contributed by atoms with Gasteiger partial charge >= 0.3 is 0 Å². The van der Waals surface area contributed by atoms with E-state index < -0.39 is 5.91 Å². The van der Waals surface area contributed by atoms with E-state index in [4.69, 9.17) is 22.3 Å². The fraction of sp³-hybridized carbons (Fsp3) is 0.375. The number of fused-ring (bicyclic) bond motifs is 1. The van der Waals surface area contributed by atoms with Crippen LogP contribution in [0.1, 0.15) is 54.1 Å². The Kier molecular flexibility index (Phi) is 3.62. The number of hydrogen-bond acceptors (Lipinski definition) is 2. The first kappa shape index (κ1) is 13.4. The lowest BCUT2D eigenvalue weighted by atomic mass is 9.86. The molecule has 2 N–H and O–H groups in total. The van der Waals surface area contributed by atoms with E-state index in [9.17, 15) is 4.79 Å². The molecule has 3 rings (SSSR count). The van der Waals surface area contributed by atoms with Crippen molar-refractivity contribution in [2.45, 2.75) is 38.0 Å². The molecule has 1 aliphatic carbocycles. The van der Waals surface area contributed by atoms with Crippen LogP contribution in [0.5, 0.6) is 0 Å². The molecule has 1 amide bonds. The lowest BCUT2D eigenvalue weighted by Gasteiger charge is -2.21. The number of carbonyl (C=O) groups excluding carboxylic acids is 1. The van der Waals surface area contributed by atoms with Gasteiger partial charge in [-0.2, -0.15) is 0 Å². The normalized spacial score (nSPS) is 16.4. The first-order valence-corrected chi connectivity index (χ1v) is 7.43. The molecule has 1 aliphatic rings. The molecule has 0 radical (unpaired) electrons. The molecule has 0 saturated heterocycles. The zero-order valence-electron chi connectivity index (χ0n) is 11.2. The molecule has 4 heteroatoms. The van der Waals surface area contributed by atoms with Crippen molar-refractivity contribution in [3.8, 4) is 0 Å². The Labute approximate surface area is 123 Å². The number of aromatic nitrogens is 1. The third-order valence-corrected chi connectivity index (χ3v) is 4.40. The van der Waals surface area contributed by atoms with Gasteiger partial charge in [-0.25, -0.2) is 0 Å². The van der Waals surface area contributed by atoms with Crippen LogP contribution in [0.25, 0.3) is 10.9 Å². The summed E-state index contributed by atoms with van der Waals surface area (Å²) >= 11 is 6.36. The number of primary amides is 1. The Balaban J connectivity index is 2.08. The maximum absolute atomic E-state index is 11.3. The van der Waals surface area contributed by atoms with Gasteiger partial charge in [-0.05, 0) is 31.0 Å². The second-order valence-electron chi connectivity index (χ2n) is 5.46. The molecular formula is C16H17ClN2O. The van der Waals surface area contributed by atoms with Gasteiger partial charge in [0.2, 0.25) is 5.91 Å². The number of benzene rings is 1. The lowest BCUT2D eigenvalue weighted by molar-refractivity contribution is 0.100. The van der Waals surface area contributed by atoms with Gasteiger partial charge in [0.05, 0.1) is 10.5 Å². The molecule has 1 saturated carbocycles.